The van der Waals surface area contributed by atoms with Gasteiger partial charge in [0, 0.05) is 23.9 Å². The number of amides is 1. The van der Waals surface area contributed by atoms with E-state index in [1.54, 1.807) is 4.52 Å². The Hall–Kier alpha value is -1.63. The van der Waals surface area contributed by atoms with Gasteiger partial charge in [0.15, 0.2) is 0 Å². The van der Waals surface area contributed by atoms with Crippen molar-refractivity contribution in [1.82, 2.24) is 24.9 Å². The highest BCUT2D eigenvalue weighted by Crippen LogP contribution is 2.18. The first kappa shape index (κ1) is 16.7. The second-order valence-electron chi connectivity index (χ2n) is 5.45. The third kappa shape index (κ3) is 3.58. The molecule has 6 nitrogen and oxygen atoms in total. The van der Waals surface area contributed by atoms with Crippen LogP contribution in [0.3, 0.4) is 0 Å². The molecule has 0 spiro atoms. The second kappa shape index (κ2) is 7.09. The lowest BCUT2D eigenvalue weighted by atomic mass is 10.1. The molecule has 0 aliphatic rings. The van der Waals surface area contributed by atoms with Crippen LogP contribution < -0.4 is 5.32 Å². The molecule has 22 heavy (non-hydrogen) atoms. The minimum atomic E-state index is 0.0802. The Labute approximate surface area is 135 Å². The van der Waals surface area contributed by atoms with Crippen LogP contribution in [0.25, 0.3) is 5.78 Å². The van der Waals surface area contributed by atoms with Crippen molar-refractivity contribution in [3.8, 4) is 0 Å². The number of rotatable bonds is 6. The fourth-order valence-corrected chi connectivity index (χ4v) is 2.66. The van der Waals surface area contributed by atoms with Crippen LogP contribution in [0.5, 0.6) is 0 Å². The number of fused-ring (bicyclic) bond motifs is 1. The molecule has 1 N–H and O–H groups in total. The molecule has 2 rings (SSSR count). The number of nitrogens with one attached hydrogen (secondary N) is 1. The van der Waals surface area contributed by atoms with Gasteiger partial charge in [-0.3, -0.25) is 4.79 Å². The summed E-state index contributed by atoms with van der Waals surface area (Å²) in [6, 6.07) is 0.217. The van der Waals surface area contributed by atoms with E-state index < -0.39 is 0 Å². The van der Waals surface area contributed by atoms with E-state index in [0.29, 0.717) is 23.8 Å². The Bertz CT molecular complexity index is 682. The van der Waals surface area contributed by atoms with Gasteiger partial charge in [-0.2, -0.15) is 4.98 Å². The maximum Gasteiger partial charge on any atom is 0.253 e. The fourth-order valence-electron chi connectivity index (χ4n) is 2.33. The summed E-state index contributed by atoms with van der Waals surface area (Å²) in [5.41, 5.74) is 3.00. The average molecular weight is 321 g/mol. The Balaban J connectivity index is 2.18. The zero-order valence-electron chi connectivity index (χ0n) is 13.8. The Morgan fingerprint density at radius 3 is 2.73 bits per heavy atom. The van der Waals surface area contributed by atoms with Gasteiger partial charge in [-0.15, -0.1) is 5.10 Å². The van der Waals surface area contributed by atoms with Crippen LogP contribution >= 0.6 is 11.8 Å². The van der Waals surface area contributed by atoms with Crippen LogP contribution in [0, 0.1) is 13.8 Å². The molecule has 2 aromatic rings. The van der Waals surface area contributed by atoms with Crippen LogP contribution in [0.2, 0.25) is 0 Å². The predicted molar refractivity (Wildman–Crippen MR) is 88.3 cm³/mol. The minimum absolute atomic E-state index is 0.0802. The van der Waals surface area contributed by atoms with E-state index >= 15 is 0 Å². The number of aryl methyl sites for hydroxylation is 2. The van der Waals surface area contributed by atoms with Gasteiger partial charge >= 0.3 is 0 Å². The van der Waals surface area contributed by atoms with E-state index in [0.717, 1.165) is 23.4 Å². The molecule has 7 heteroatoms. The van der Waals surface area contributed by atoms with Gasteiger partial charge in [0.2, 0.25) is 11.1 Å². The summed E-state index contributed by atoms with van der Waals surface area (Å²) in [4.78, 5) is 20.8. The largest absolute Gasteiger partial charge is 0.354 e. The summed E-state index contributed by atoms with van der Waals surface area (Å²) in [6.07, 6.45) is 4.01. The normalized spacial score (nSPS) is 12.6. The third-order valence-electron chi connectivity index (χ3n) is 3.83. The first-order valence-electron chi connectivity index (χ1n) is 7.52. The number of aromatic nitrogens is 4. The van der Waals surface area contributed by atoms with Crippen LogP contribution in [0.1, 0.15) is 43.6 Å². The number of hydrogen-bond donors (Lipinski definition) is 1. The topological polar surface area (TPSA) is 72.2 Å². The van der Waals surface area contributed by atoms with Crippen molar-refractivity contribution < 1.29 is 4.79 Å². The number of thioether (sulfide) groups is 1. The van der Waals surface area contributed by atoms with Gasteiger partial charge < -0.3 is 5.32 Å². The standard InChI is InChI=1S/C15H23N5OS/c1-6-9(2)16-13(21)8-7-12-10(3)17-14-18-15(22-5)19-20(14)11(12)4/h9H,6-8H2,1-5H3,(H,16,21). The molecule has 0 saturated heterocycles. The first-order chi connectivity index (χ1) is 10.5. The number of hydrogen-bond acceptors (Lipinski definition) is 5. The molecule has 2 heterocycles. The van der Waals surface area contributed by atoms with Crippen LogP contribution in [-0.4, -0.2) is 37.8 Å². The Kier molecular flexibility index (Phi) is 5.39. The summed E-state index contributed by atoms with van der Waals surface area (Å²) in [5.74, 6) is 0.698. The number of carbonyl (C=O) groups is 1. The zero-order chi connectivity index (χ0) is 16.3. The first-order valence-corrected chi connectivity index (χ1v) is 8.74. The van der Waals surface area contributed by atoms with Crippen molar-refractivity contribution in [1.29, 1.82) is 0 Å². The van der Waals surface area contributed by atoms with E-state index in [2.05, 4.69) is 27.3 Å². The molecule has 1 amide bonds. The van der Waals surface area contributed by atoms with Crippen molar-refractivity contribution in [3.63, 3.8) is 0 Å². The quantitative estimate of drug-likeness (QED) is 0.827. The van der Waals surface area contributed by atoms with Crippen LogP contribution in [0.15, 0.2) is 5.16 Å². The number of nitrogens with zero attached hydrogens (tertiary/aromatic N) is 4. The number of carbonyl (C=O) groups excluding carboxylic acids is 1. The minimum Gasteiger partial charge on any atom is -0.354 e. The highest BCUT2D eigenvalue weighted by atomic mass is 32.2. The predicted octanol–water partition coefficient (Wildman–Crippen LogP) is 2.31. The van der Waals surface area contributed by atoms with Crippen molar-refractivity contribution >= 4 is 23.4 Å². The van der Waals surface area contributed by atoms with Crippen LogP contribution in [-0.2, 0) is 11.2 Å². The lowest BCUT2D eigenvalue weighted by molar-refractivity contribution is -0.121. The smallest absolute Gasteiger partial charge is 0.253 e. The van der Waals surface area contributed by atoms with Crippen molar-refractivity contribution in [2.24, 2.45) is 0 Å². The van der Waals surface area contributed by atoms with Crippen LogP contribution in [0.4, 0.5) is 0 Å². The van der Waals surface area contributed by atoms with Gasteiger partial charge in [-0.05, 0) is 45.4 Å². The lowest BCUT2D eigenvalue weighted by Crippen LogP contribution is -2.32. The van der Waals surface area contributed by atoms with Crippen molar-refractivity contribution in [2.45, 2.75) is 58.2 Å². The van der Waals surface area contributed by atoms with Gasteiger partial charge in [0.05, 0.1) is 0 Å². The Morgan fingerprint density at radius 2 is 2.09 bits per heavy atom. The summed E-state index contributed by atoms with van der Waals surface area (Å²) < 4.78 is 1.76. The van der Waals surface area contributed by atoms with E-state index in [9.17, 15) is 4.79 Å². The SMILES string of the molecule is CCC(C)NC(=O)CCc1c(C)nc2nc(SC)nn2c1C. The van der Waals surface area contributed by atoms with Gasteiger partial charge in [0.1, 0.15) is 0 Å². The molecule has 0 radical (unpaired) electrons. The fraction of sp³-hybridized carbons (Fsp3) is 0.600. The molecule has 1 unspecified atom stereocenters. The van der Waals surface area contributed by atoms with Gasteiger partial charge in [-0.25, -0.2) is 9.50 Å². The molecule has 0 fully saturated rings. The van der Waals surface area contributed by atoms with Gasteiger partial charge in [-0.1, -0.05) is 18.7 Å². The van der Waals surface area contributed by atoms with E-state index in [4.69, 9.17) is 0 Å². The lowest BCUT2D eigenvalue weighted by Gasteiger charge is -2.13. The molecular weight excluding hydrogens is 298 g/mol. The van der Waals surface area contributed by atoms with Crippen molar-refractivity contribution in [3.05, 3.63) is 17.0 Å². The molecule has 0 bridgehead atoms. The summed E-state index contributed by atoms with van der Waals surface area (Å²) in [5, 5.41) is 8.13. The highest BCUT2D eigenvalue weighted by molar-refractivity contribution is 7.98. The second-order valence-corrected chi connectivity index (χ2v) is 6.22. The molecule has 0 aromatic carbocycles. The third-order valence-corrected chi connectivity index (χ3v) is 4.37. The molecule has 0 aliphatic carbocycles. The van der Waals surface area contributed by atoms with Crippen molar-refractivity contribution in [2.75, 3.05) is 6.26 Å². The average Bonchev–Trinajstić information content (AvgIpc) is 2.90. The highest BCUT2D eigenvalue weighted by Gasteiger charge is 2.14. The maximum absolute atomic E-state index is 12.0. The molecule has 2 aromatic heterocycles. The summed E-state index contributed by atoms with van der Waals surface area (Å²) in [7, 11) is 0. The Morgan fingerprint density at radius 1 is 1.36 bits per heavy atom. The van der Waals surface area contributed by atoms with E-state index in [-0.39, 0.29) is 11.9 Å². The molecular formula is C15H23N5OS. The molecule has 1 atom stereocenters. The summed E-state index contributed by atoms with van der Waals surface area (Å²) in [6.45, 7) is 8.04. The molecule has 120 valence electrons. The molecule has 0 saturated carbocycles. The maximum atomic E-state index is 12.0. The molecule has 0 aliphatic heterocycles. The monoisotopic (exact) mass is 321 g/mol. The zero-order valence-corrected chi connectivity index (χ0v) is 14.6. The van der Waals surface area contributed by atoms with E-state index in [1.807, 2.05) is 27.0 Å². The summed E-state index contributed by atoms with van der Waals surface area (Å²) >= 11 is 1.50. The van der Waals surface area contributed by atoms with Gasteiger partial charge in [0.25, 0.3) is 5.78 Å². The van der Waals surface area contributed by atoms with E-state index in [1.165, 1.54) is 11.8 Å².